The van der Waals surface area contributed by atoms with E-state index in [1.165, 1.54) is 16.8 Å². The van der Waals surface area contributed by atoms with E-state index in [1.54, 1.807) is 11.3 Å². The molecular weight excluding hydrogens is 348 g/mol. The zero-order valence-electron chi connectivity index (χ0n) is 15.1. The molecule has 0 spiro atoms. The van der Waals surface area contributed by atoms with E-state index in [0.717, 1.165) is 29.8 Å². The number of aromatic nitrogens is 3. The Morgan fingerprint density at radius 3 is 3.12 bits per heavy atom. The number of nitrogens with one attached hydrogen (secondary N) is 2. The summed E-state index contributed by atoms with van der Waals surface area (Å²) < 4.78 is 1.82. The van der Waals surface area contributed by atoms with E-state index < -0.39 is 0 Å². The van der Waals surface area contributed by atoms with E-state index >= 15 is 0 Å². The molecule has 0 saturated heterocycles. The minimum absolute atomic E-state index is 0.0978. The van der Waals surface area contributed by atoms with Crippen molar-refractivity contribution in [2.24, 2.45) is 7.05 Å². The predicted molar refractivity (Wildman–Crippen MR) is 104 cm³/mol. The molecule has 2 N–H and O–H groups in total. The molecule has 26 heavy (non-hydrogen) atoms. The SMILES string of the molecule is CN(C)c1ncnc2c1cc(C(=O)NCC1NCCc3sccc31)n2C. The van der Waals surface area contributed by atoms with Crippen molar-refractivity contribution >= 4 is 34.1 Å². The van der Waals surface area contributed by atoms with Gasteiger partial charge in [-0.1, -0.05) is 0 Å². The summed E-state index contributed by atoms with van der Waals surface area (Å²) in [6, 6.07) is 4.18. The van der Waals surface area contributed by atoms with Crippen LogP contribution in [0, 0.1) is 0 Å². The molecule has 4 rings (SSSR count). The Morgan fingerprint density at radius 1 is 1.46 bits per heavy atom. The van der Waals surface area contributed by atoms with Gasteiger partial charge in [0, 0.05) is 39.1 Å². The molecule has 7 nitrogen and oxygen atoms in total. The van der Waals surface area contributed by atoms with E-state index in [4.69, 9.17) is 0 Å². The number of hydrogen-bond donors (Lipinski definition) is 2. The number of anilines is 1. The molecule has 8 heteroatoms. The first-order chi connectivity index (χ1) is 12.6. The average Bonchev–Trinajstić information content (AvgIpc) is 3.24. The van der Waals surface area contributed by atoms with Crippen LogP contribution in [0.5, 0.6) is 0 Å². The first-order valence-electron chi connectivity index (χ1n) is 8.62. The fourth-order valence-corrected chi connectivity index (χ4v) is 4.44. The number of hydrogen-bond acceptors (Lipinski definition) is 6. The molecule has 0 saturated carbocycles. The minimum Gasteiger partial charge on any atom is -0.362 e. The summed E-state index contributed by atoms with van der Waals surface area (Å²) in [6.07, 6.45) is 2.59. The van der Waals surface area contributed by atoms with Crippen LogP contribution in [-0.2, 0) is 13.5 Å². The van der Waals surface area contributed by atoms with E-state index in [1.807, 2.05) is 36.7 Å². The number of thiophene rings is 1. The lowest BCUT2D eigenvalue weighted by atomic mass is 10.0. The second-order valence-corrected chi connectivity index (χ2v) is 7.68. The van der Waals surface area contributed by atoms with Gasteiger partial charge in [0.15, 0.2) is 0 Å². The fourth-order valence-electron chi connectivity index (χ4n) is 3.50. The van der Waals surface area contributed by atoms with Crippen molar-refractivity contribution in [1.82, 2.24) is 25.2 Å². The highest BCUT2D eigenvalue weighted by atomic mass is 32.1. The first-order valence-corrected chi connectivity index (χ1v) is 9.50. The van der Waals surface area contributed by atoms with Crippen molar-refractivity contribution < 1.29 is 4.79 Å². The third-order valence-corrected chi connectivity index (χ3v) is 5.82. The molecular formula is C18H22N6OS. The highest BCUT2D eigenvalue weighted by Gasteiger charge is 2.23. The first kappa shape index (κ1) is 17.0. The molecule has 3 aromatic heterocycles. The van der Waals surface area contributed by atoms with Gasteiger partial charge in [0.05, 0.1) is 11.4 Å². The quantitative estimate of drug-likeness (QED) is 0.731. The van der Waals surface area contributed by atoms with Gasteiger partial charge in [-0.3, -0.25) is 4.79 Å². The van der Waals surface area contributed by atoms with Crippen LogP contribution in [0.4, 0.5) is 5.82 Å². The van der Waals surface area contributed by atoms with Gasteiger partial charge in [0.25, 0.3) is 5.91 Å². The van der Waals surface area contributed by atoms with Crippen LogP contribution in [0.3, 0.4) is 0 Å². The molecule has 136 valence electrons. The summed E-state index contributed by atoms with van der Waals surface area (Å²) in [7, 11) is 5.73. The van der Waals surface area contributed by atoms with E-state index in [0.29, 0.717) is 12.2 Å². The van der Waals surface area contributed by atoms with Crippen LogP contribution in [0.25, 0.3) is 11.0 Å². The second-order valence-electron chi connectivity index (χ2n) is 6.68. The normalized spacial score (nSPS) is 16.5. The summed E-state index contributed by atoms with van der Waals surface area (Å²) >= 11 is 1.79. The van der Waals surface area contributed by atoms with Gasteiger partial charge >= 0.3 is 0 Å². The van der Waals surface area contributed by atoms with Gasteiger partial charge in [-0.15, -0.1) is 11.3 Å². The molecule has 1 atom stereocenters. The third-order valence-electron chi connectivity index (χ3n) is 4.82. The van der Waals surface area contributed by atoms with E-state index in [2.05, 4.69) is 32.0 Å². The molecule has 1 aliphatic rings. The molecule has 0 bridgehead atoms. The van der Waals surface area contributed by atoms with E-state index in [9.17, 15) is 4.79 Å². The Morgan fingerprint density at radius 2 is 2.31 bits per heavy atom. The largest absolute Gasteiger partial charge is 0.362 e. The van der Waals surface area contributed by atoms with Crippen LogP contribution in [0.1, 0.15) is 27.0 Å². The van der Waals surface area contributed by atoms with Crippen molar-refractivity contribution in [3.63, 3.8) is 0 Å². The maximum Gasteiger partial charge on any atom is 0.268 e. The summed E-state index contributed by atoms with van der Waals surface area (Å²) in [4.78, 5) is 24.8. The average molecular weight is 370 g/mol. The standard InChI is InChI=1S/C18H22N6OS/c1-23(2)16-12-8-14(24(3)17(12)22-10-21-16)18(25)20-9-13-11-5-7-26-15(11)4-6-19-13/h5,7-8,10,13,19H,4,6,9H2,1-3H3,(H,20,25). The Bertz CT molecular complexity index is 960. The smallest absolute Gasteiger partial charge is 0.268 e. The molecule has 1 unspecified atom stereocenters. The number of aryl methyl sites for hydroxylation is 1. The molecule has 1 amide bonds. The number of nitrogens with zero attached hydrogens (tertiary/aromatic N) is 4. The zero-order valence-corrected chi connectivity index (χ0v) is 15.9. The van der Waals surface area contributed by atoms with Crippen molar-refractivity contribution in [2.45, 2.75) is 12.5 Å². The minimum atomic E-state index is -0.0978. The van der Waals surface area contributed by atoms with Crippen molar-refractivity contribution in [2.75, 3.05) is 32.1 Å². The van der Waals surface area contributed by atoms with Gasteiger partial charge in [-0.25, -0.2) is 9.97 Å². The number of fused-ring (bicyclic) bond motifs is 2. The Labute approximate surface area is 156 Å². The molecule has 0 fully saturated rings. The van der Waals surface area contributed by atoms with Crippen molar-refractivity contribution in [3.05, 3.63) is 40.0 Å². The van der Waals surface area contributed by atoms with Crippen LogP contribution in [0.2, 0.25) is 0 Å². The zero-order chi connectivity index (χ0) is 18.3. The number of rotatable bonds is 4. The predicted octanol–water partition coefficient (Wildman–Crippen LogP) is 1.71. The van der Waals surface area contributed by atoms with Crippen molar-refractivity contribution in [1.29, 1.82) is 0 Å². The van der Waals surface area contributed by atoms with Crippen LogP contribution >= 0.6 is 11.3 Å². The highest BCUT2D eigenvalue weighted by Crippen LogP contribution is 2.27. The number of carbonyl (C=O) groups is 1. The molecule has 0 aromatic carbocycles. The lowest BCUT2D eigenvalue weighted by molar-refractivity contribution is 0.0941. The molecule has 4 heterocycles. The number of amides is 1. The van der Waals surface area contributed by atoms with Crippen molar-refractivity contribution in [3.8, 4) is 0 Å². The topological polar surface area (TPSA) is 75.1 Å². The lowest BCUT2D eigenvalue weighted by Crippen LogP contribution is -2.38. The maximum absolute atomic E-state index is 12.8. The summed E-state index contributed by atoms with van der Waals surface area (Å²) in [6.45, 7) is 1.51. The number of carbonyl (C=O) groups excluding carboxylic acids is 1. The van der Waals surface area contributed by atoms with Crippen LogP contribution in [-0.4, -0.2) is 47.6 Å². The summed E-state index contributed by atoms with van der Waals surface area (Å²) in [5.41, 5.74) is 2.65. The monoisotopic (exact) mass is 370 g/mol. The lowest BCUT2D eigenvalue weighted by Gasteiger charge is -2.24. The van der Waals surface area contributed by atoms with Gasteiger partial charge in [-0.05, 0) is 29.5 Å². The molecule has 0 radical (unpaired) electrons. The molecule has 1 aliphatic heterocycles. The maximum atomic E-state index is 12.8. The van der Waals surface area contributed by atoms with Gasteiger partial charge in [0.1, 0.15) is 23.5 Å². The molecule has 3 aromatic rings. The third kappa shape index (κ3) is 2.85. The van der Waals surface area contributed by atoms with E-state index in [-0.39, 0.29) is 11.9 Å². The Balaban J connectivity index is 1.56. The van der Waals surface area contributed by atoms with Crippen LogP contribution in [0.15, 0.2) is 23.8 Å². The fraction of sp³-hybridized carbons (Fsp3) is 0.389. The van der Waals surface area contributed by atoms with Gasteiger partial charge in [0.2, 0.25) is 0 Å². The second kappa shape index (κ2) is 6.69. The van der Waals surface area contributed by atoms with Gasteiger partial charge in [-0.2, -0.15) is 0 Å². The summed E-state index contributed by atoms with van der Waals surface area (Å²) in [5.74, 6) is 0.709. The highest BCUT2D eigenvalue weighted by molar-refractivity contribution is 7.10. The van der Waals surface area contributed by atoms with Gasteiger partial charge < -0.3 is 20.1 Å². The Hall–Kier alpha value is -2.45. The van der Waals surface area contributed by atoms with Crippen LogP contribution < -0.4 is 15.5 Å². The summed E-state index contributed by atoms with van der Waals surface area (Å²) in [5, 5.41) is 9.56. The Kier molecular flexibility index (Phi) is 4.37. The molecule has 0 aliphatic carbocycles.